The van der Waals surface area contributed by atoms with Gasteiger partial charge < -0.3 is 14.9 Å². The highest BCUT2D eigenvalue weighted by Crippen LogP contribution is 2.37. The van der Waals surface area contributed by atoms with E-state index < -0.39 is 11.5 Å². The van der Waals surface area contributed by atoms with E-state index in [1.807, 2.05) is 7.05 Å². The zero-order valence-corrected chi connectivity index (χ0v) is 10.3. The van der Waals surface area contributed by atoms with Gasteiger partial charge in [-0.15, -0.1) is 0 Å². The second-order valence-electron chi connectivity index (χ2n) is 5.24. The maximum atomic E-state index is 11.6. The van der Waals surface area contributed by atoms with Gasteiger partial charge in [0.1, 0.15) is 5.54 Å². The molecule has 2 aliphatic rings. The maximum Gasteiger partial charge on any atom is 0.329 e. The van der Waals surface area contributed by atoms with E-state index >= 15 is 0 Å². The molecule has 1 aliphatic heterocycles. The van der Waals surface area contributed by atoms with Crippen molar-refractivity contribution in [3.05, 3.63) is 0 Å². The van der Waals surface area contributed by atoms with Gasteiger partial charge in [-0.05, 0) is 45.7 Å². The summed E-state index contributed by atoms with van der Waals surface area (Å²) in [5, 5.41) is 9.56. The van der Waals surface area contributed by atoms with Crippen LogP contribution in [0.3, 0.4) is 0 Å². The molecule has 96 valence electrons. The third-order valence-corrected chi connectivity index (χ3v) is 3.98. The second-order valence-corrected chi connectivity index (χ2v) is 5.24. The van der Waals surface area contributed by atoms with Gasteiger partial charge >= 0.3 is 5.97 Å². The van der Waals surface area contributed by atoms with Crippen LogP contribution in [-0.2, 0) is 9.59 Å². The first-order valence-electron chi connectivity index (χ1n) is 6.26. The van der Waals surface area contributed by atoms with E-state index in [2.05, 4.69) is 4.90 Å². The summed E-state index contributed by atoms with van der Waals surface area (Å²) in [6, 6.07) is 0.159. The minimum absolute atomic E-state index is 0.159. The van der Waals surface area contributed by atoms with Crippen molar-refractivity contribution in [1.29, 1.82) is 0 Å². The Morgan fingerprint density at radius 1 is 1.41 bits per heavy atom. The van der Waals surface area contributed by atoms with Crippen LogP contribution in [0.15, 0.2) is 0 Å². The number of rotatable bonds is 4. The van der Waals surface area contributed by atoms with Gasteiger partial charge in [-0.25, -0.2) is 4.79 Å². The Labute approximate surface area is 101 Å². The van der Waals surface area contributed by atoms with Crippen molar-refractivity contribution in [2.45, 2.75) is 43.7 Å². The molecule has 0 aromatic heterocycles. The number of likely N-dealkylation sites (tertiary alicyclic amines) is 1. The Balaban J connectivity index is 2.23. The van der Waals surface area contributed by atoms with Gasteiger partial charge in [0, 0.05) is 12.6 Å². The van der Waals surface area contributed by atoms with Crippen molar-refractivity contribution in [2.75, 3.05) is 20.1 Å². The number of aliphatic carboxylic acids is 1. The number of carboxylic acids is 1. The Morgan fingerprint density at radius 2 is 2.12 bits per heavy atom. The first-order valence-corrected chi connectivity index (χ1v) is 6.26. The monoisotopic (exact) mass is 240 g/mol. The number of hydrogen-bond donors (Lipinski definition) is 1. The highest BCUT2D eigenvalue weighted by atomic mass is 16.4. The first-order chi connectivity index (χ1) is 8.10. The molecule has 0 spiro atoms. The van der Waals surface area contributed by atoms with Crippen molar-refractivity contribution in [3.8, 4) is 0 Å². The van der Waals surface area contributed by atoms with Crippen molar-refractivity contribution >= 4 is 12.4 Å². The van der Waals surface area contributed by atoms with Gasteiger partial charge in [-0.3, -0.25) is 4.79 Å². The quantitative estimate of drug-likeness (QED) is 0.729. The molecule has 1 atom stereocenters. The van der Waals surface area contributed by atoms with Crippen LogP contribution in [0.1, 0.15) is 32.1 Å². The van der Waals surface area contributed by atoms with Crippen LogP contribution < -0.4 is 0 Å². The van der Waals surface area contributed by atoms with E-state index in [-0.39, 0.29) is 6.04 Å². The molecule has 5 heteroatoms. The third-order valence-electron chi connectivity index (χ3n) is 3.98. The molecule has 0 aromatic rings. The molecule has 17 heavy (non-hydrogen) atoms. The van der Waals surface area contributed by atoms with E-state index in [0.29, 0.717) is 12.8 Å². The second kappa shape index (κ2) is 4.64. The van der Waals surface area contributed by atoms with Gasteiger partial charge in [-0.1, -0.05) is 0 Å². The lowest BCUT2D eigenvalue weighted by molar-refractivity contribution is -0.157. The summed E-state index contributed by atoms with van der Waals surface area (Å²) in [5.41, 5.74) is -0.965. The van der Waals surface area contributed by atoms with Gasteiger partial charge in [-0.2, -0.15) is 0 Å². The van der Waals surface area contributed by atoms with Gasteiger partial charge in [0.05, 0.1) is 0 Å². The molecule has 1 saturated carbocycles. The number of nitrogens with zero attached hydrogens (tertiary/aromatic N) is 2. The molecule has 1 aliphatic carbocycles. The predicted octanol–water partition coefficient (Wildman–Crippen LogP) is 0.546. The zero-order valence-electron chi connectivity index (χ0n) is 10.3. The smallest absolute Gasteiger partial charge is 0.329 e. The number of carbonyl (C=O) groups is 2. The molecule has 0 radical (unpaired) electrons. The van der Waals surface area contributed by atoms with Crippen molar-refractivity contribution < 1.29 is 14.7 Å². The fourth-order valence-corrected chi connectivity index (χ4v) is 2.73. The molecule has 1 N–H and O–H groups in total. The summed E-state index contributed by atoms with van der Waals surface area (Å²) < 4.78 is 0. The number of hydrogen-bond acceptors (Lipinski definition) is 3. The SMILES string of the molecule is CN1CCCC(C(=O)O)(N(C=O)C2CC2)CC1. The minimum Gasteiger partial charge on any atom is -0.479 e. The van der Waals surface area contributed by atoms with E-state index in [9.17, 15) is 14.7 Å². The fraction of sp³-hybridized carbons (Fsp3) is 0.833. The molecule has 1 unspecified atom stereocenters. The standard InChI is InChI=1S/C12H20N2O3/c1-13-7-2-5-12(6-8-13,11(16)17)14(9-15)10-3-4-10/h9-10H,2-8H2,1H3,(H,16,17). The summed E-state index contributed by atoms with van der Waals surface area (Å²) in [4.78, 5) is 26.6. The highest BCUT2D eigenvalue weighted by Gasteiger charge is 2.49. The summed E-state index contributed by atoms with van der Waals surface area (Å²) in [5.74, 6) is -0.841. The van der Waals surface area contributed by atoms with E-state index in [1.54, 1.807) is 4.90 Å². The van der Waals surface area contributed by atoms with Crippen LogP contribution in [0.5, 0.6) is 0 Å². The van der Waals surface area contributed by atoms with Crippen LogP contribution >= 0.6 is 0 Å². The molecule has 5 nitrogen and oxygen atoms in total. The molecule has 1 heterocycles. The number of amides is 1. The number of carboxylic acid groups (broad SMARTS) is 1. The van der Waals surface area contributed by atoms with Crippen LogP contribution in [0.4, 0.5) is 0 Å². The van der Waals surface area contributed by atoms with Crippen LogP contribution in [0, 0.1) is 0 Å². The topological polar surface area (TPSA) is 60.9 Å². The molecule has 2 fully saturated rings. The first kappa shape index (κ1) is 12.4. The van der Waals surface area contributed by atoms with Crippen molar-refractivity contribution in [2.24, 2.45) is 0 Å². The number of carbonyl (C=O) groups excluding carboxylic acids is 1. The summed E-state index contributed by atoms with van der Waals surface area (Å²) >= 11 is 0. The Morgan fingerprint density at radius 3 is 2.65 bits per heavy atom. The van der Waals surface area contributed by atoms with Gasteiger partial charge in [0.2, 0.25) is 6.41 Å². The fourth-order valence-electron chi connectivity index (χ4n) is 2.73. The Hall–Kier alpha value is -1.10. The maximum absolute atomic E-state index is 11.6. The Kier molecular flexibility index (Phi) is 3.38. The lowest BCUT2D eigenvalue weighted by Gasteiger charge is -2.38. The predicted molar refractivity (Wildman–Crippen MR) is 62.6 cm³/mol. The molecular weight excluding hydrogens is 220 g/mol. The average molecular weight is 240 g/mol. The lowest BCUT2D eigenvalue weighted by atomic mass is 9.88. The lowest BCUT2D eigenvalue weighted by Crippen LogP contribution is -2.55. The Bertz CT molecular complexity index is 317. The van der Waals surface area contributed by atoms with Crippen LogP contribution in [0.2, 0.25) is 0 Å². The normalized spacial score (nSPS) is 30.6. The summed E-state index contributed by atoms with van der Waals surface area (Å²) in [6.07, 6.45) is 4.58. The van der Waals surface area contributed by atoms with Crippen molar-refractivity contribution in [3.63, 3.8) is 0 Å². The van der Waals surface area contributed by atoms with Crippen LogP contribution in [0.25, 0.3) is 0 Å². The largest absolute Gasteiger partial charge is 0.479 e. The van der Waals surface area contributed by atoms with Gasteiger partial charge in [0.15, 0.2) is 0 Å². The van der Waals surface area contributed by atoms with Gasteiger partial charge in [0.25, 0.3) is 0 Å². The molecule has 0 bridgehead atoms. The molecule has 0 aromatic carbocycles. The molecule has 1 saturated heterocycles. The highest BCUT2D eigenvalue weighted by molar-refractivity contribution is 5.82. The molecule has 1 amide bonds. The molecule has 2 rings (SSSR count). The molecular formula is C12H20N2O3. The summed E-state index contributed by atoms with van der Waals surface area (Å²) in [7, 11) is 2.00. The summed E-state index contributed by atoms with van der Waals surface area (Å²) in [6.45, 7) is 1.65. The van der Waals surface area contributed by atoms with E-state index in [4.69, 9.17) is 0 Å². The minimum atomic E-state index is -0.965. The third kappa shape index (κ3) is 2.29. The zero-order chi connectivity index (χ0) is 12.5. The van der Waals surface area contributed by atoms with E-state index in [0.717, 1.165) is 38.8 Å². The average Bonchev–Trinajstić information content (AvgIpc) is 3.09. The van der Waals surface area contributed by atoms with E-state index in [1.165, 1.54) is 0 Å². The van der Waals surface area contributed by atoms with Crippen molar-refractivity contribution in [1.82, 2.24) is 9.80 Å². The van der Waals surface area contributed by atoms with Crippen LogP contribution in [-0.4, -0.2) is 59.0 Å².